The Balaban J connectivity index is 1.68. The molecule has 2 N–H and O–H groups in total. The van der Waals surface area contributed by atoms with Crippen LogP contribution in [-0.2, 0) is 4.74 Å². The van der Waals surface area contributed by atoms with Crippen LogP contribution in [0.5, 0.6) is 0 Å². The number of amides is 1. The van der Waals surface area contributed by atoms with E-state index in [4.69, 9.17) is 4.74 Å². The van der Waals surface area contributed by atoms with Crippen molar-refractivity contribution in [2.45, 2.75) is 31.8 Å². The molecule has 1 saturated carbocycles. The fourth-order valence-corrected chi connectivity index (χ4v) is 2.28. The summed E-state index contributed by atoms with van der Waals surface area (Å²) in [6.45, 7) is 0. The number of hydrogen-bond donors (Lipinski definition) is 2. The average molecular weight is 289 g/mol. The minimum Gasteiger partial charge on any atom is -0.446 e. The first-order valence-corrected chi connectivity index (χ1v) is 6.79. The molecule has 21 heavy (non-hydrogen) atoms. The van der Waals surface area contributed by atoms with Crippen LogP contribution in [0.3, 0.4) is 0 Å². The highest BCUT2D eigenvalue weighted by Crippen LogP contribution is 2.21. The Hall–Kier alpha value is -2.64. The number of rotatable bonds is 3. The molecule has 1 fully saturated rings. The van der Waals surface area contributed by atoms with Gasteiger partial charge in [-0.15, -0.1) is 0 Å². The Labute approximate surface area is 120 Å². The Morgan fingerprint density at radius 1 is 1.43 bits per heavy atom. The van der Waals surface area contributed by atoms with E-state index in [9.17, 15) is 9.59 Å². The highest BCUT2D eigenvalue weighted by Gasteiger charge is 2.19. The highest BCUT2D eigenvalue weighted by molar-refractivity contribution is 5.84. The van der Waals surface area contributed by atoms with E-state index in [1.54, 1.807) is 18.5 Å². The second-order valence-corrected chi connectivity index (χ2v) is 4.84. The Morgan fingerprint density at radius 3 is 2.90 bits per heavy atom. The van der Waals surface area contributed by atoms with Crippen LogP contribution in [0.1, 0.15) is 25.7 Å². The van der Waals surface area contributed by atoms with Gasteiger partial charge in [0.05, 0.1) is 6.20 Å². The lowest BCUT2D eigenvalue weighted by molar-refractivity contribution is 0.114. The predicted octanol–water partition coefficient (Wildman–Crippen LogP) is 1.45. The topological polar surface area (TPSA) is 102 Å². The number of aromatic amines is 1. The first-order chi connectivity index (χ1) is 10.2. The van der Waals surface area contributed by atoms with Crippen LogP contribution >= 0.6 is 0 Å². The van der Waals surface area contributed by atoms with Crippen LogP contribution in [-0.4, -0.2) is 31.9 Å². The third-order valence-corrected chi connectivity index (χ3v) is 3.32. The summed E-state index contributed by atoms with van der Waals surface area (Å²) in [5.41, 5.74) is -0.409. The Bertz CT molecular complexity index is 673. The van der Waals surface area contributed by atoms with Gasteiger partial charge < -0.3 is 4.74 Å². The molecule has 0 atom stereocenters. The fourth-order valence-electron chi connectivity index (χ4n) is 2.28. The third-order valence-electron chi connectivity index (χ3n) is 3.32. The lowest BCUT2D eigenvalue weighted by Gasteiger charge is -2.11. The van der Waals surface area contributed by atoms with Crippen molar-refractivity contribution in [2.24, 2.45) is 0 Å². The van der Waals surface area contributed by atoms with Crippen molar-refractivity contribution >= 4 is 11.8 Å². The molecular formula is C13H15N5O3. The van der Waals surface area contributed by atoms with Crippen molar-refractivity contribution in [3.8, 4) is 5.95 Å². The molecule has 8 nitrogen and oxygen atoms in total. The molecule has 0 spiro atoms. The molecule has 0 unspecified atom stereocenters. The van der Waals surface area contributed by atoms with Gasteiger partial charge in [-0.3, -0.25) is 15.1 Å². The molecule has 1 aliphatic rings. The van der Waals surface area contributed by atoms with E-state index in [0.29, 0.717) is 0 Å². The van der Waals surface area contributed by atoms with Crippen LogP contribution in [0.25, 0.3) is 5.95 Å². The lowest BCUT2D eigenvalue weighted by atomic mass is 10.3. The molecule has 2 aromatic heterocycles. The van der Waals surface area contributed by atoms with Crippen LogP contribution in [0.15, 0.2) is 29.5 Å². The molecule has 0 aliphatic heterocycles. The van der Waals surface area contributed by atoms with E-state index >= 15 is 0 Å². The number of H-pyrrole nitrogens is 1. The minimum absolute atomic E-state index is 0.0499. The average Bonchev–Trinajstić information content (AvgIpc) is 3.13. The third kappa shape index (κ3) is 3.10. The molecule has 110 valence electrons. The summed E-state index contributed by atoms with van der Waals surface area (Å²) in [5.74, 6) is 0.278. The molecular weight excluding hydrogens is 274 g/mol. The van der Waals surface area contributed by atoms with E-state index in [0.717, 1.165) is 25.7 Å². The Morgan fingerprint density at radius 2 is 2.24 bits per heavy atom. The zero-order valence-electron chi connectivity index (χ0n) is 11.3. The number of nitrogens with zero attached hydrogens (tertiary/aromatic N) is 3. The van der Waals surface area contributed by atoms with Crippen molar-refractivity contribution in [1.29, 1.82) is 0 Å². The molecule has 0 bridgehead atoms. The van der Waals surface area contributed by atoms with E-state index in [2.05, 4.69) is 20.4 Å². The van der Waals surface area contributed by atoms with Crippen LogP contribution in [0.4, 0.5) is 10.5 Å². The molecule has 8 heteroatoms. The lowest BCUT2D eigenvalue weighted by Crippen LogP contribution is -2.25. The van der Waals surface area contributed by atoms with E-state index in [1.165, 1.54) is 10.9 Å². The van der Waals surface area contributed by atoms with Gasteiger partial charge in [0.25, 0.3) is 5.56 Å². The minimum atomic E-state index is -0.624. The molecule has 0 radical (unpaired) electrons. The van der Waals surface area contributed by atoms with Crippen molar-refractivity contribution in [1.82, 2.24) is 19.7 Å². The summed E-state index contributed by atoms with van der Waals surface area (Å²) >= 11 is 0. The van der Waals surface area contributed by atoms with Crippen LogP contribution < -0.4 is 10.9 Å². The molecule has 2 aromatic rings. The van der Waals surface area contributed by atoms with Crippen molar-refractivity contribution < 1.29 is 9.53 Å². The van der Waals surface area contributed by atoms with Crippen molar-refractivity contribution in [2.75, 3.05) is 5.32 Å². The highest BCUT2D eigenvalue weighted by atomic mass is 16.6. The summed E-state index contributed by atoms with van der Waals surface area (Å²) in [4.78, 5) is 30.2. The van der Waals surface area contributed by atoms with E-state index in [1.807, 2.05) is 0 Å². The second-order valence-electron chi connectivity index (χ2n) is 4.84. The van der Waals surface area contributed by atoms with Gasteiger partial charge in [-0.1, -0.05) is 0 Å². The normalized spacial score (nSPS) is 15.0. The smallest absolute Gasteiger partial charge is 0.412 e. The maximum Gasteiger partial charge on any atom is 0.412 e. The SMILES string of the molecule is O=C(Nc1cnc(-n2cccn2)[nH]c1=O)OC1CCCC1. The van der Waals surface area contributed by atoms with Gasteiger partial charge >= 0.3 is 6.09 Å². The molecule has 1 aliphatic carbocycles. The number of ether oxygens (including phenoxy) is 1. The largest absolute Gasteiger partial charge is 0.446 e. The first kappa shape index (κ1) is 13.3. The van der Waals surface area contributed by atoms with Gasteiger partial charge in [-0.2, -0.15) is 5.10 Å². The zero-order valence-corrected chi connectivity index (χ0v) is 11.3. The van der Waals surface area contributed by atoms with Crippen molar-refractivity contribution in [3.63, 3.8) is 0 Å². The van der Waals surface area contributed by atoms with Gasteiger partial charge in [-0.05, 0) is 31.7 Å². The van der Waals surface area contributed by atoms with Crippen molar-refractivity contribution in [3.05, 3.63) is 35.0 Å². The molecule has 2 heterocycles. The summed E-state index contributed by atoms with van der Waals surface area (Å²) in [7, 11) is 0. The molecule has 1 amide bonds. The van der Waals surface area contributed by atoms with Gasteiger partial charge in [0, 0.05) is 12.4 Å². The fraction of sp³-hybridized carbons (Fsp3) is 0.385. The van der Waals surface area contributed by atoms with Gasteiger partial charge in [0.2, 0.25) is 5.95 Å². The quantitative estimate of drug-likeness (QED) is 0.890. The number of aromatic nitrogens is 4. The number of hydrogen-bond acceptors (Lipinski definition) is 5. The van der Waals surface area contributed by atoms with Crippen LogP contribution in [0.2, 0.25) is 0 Å². The summed E-state index contributed by atoms with van der Waals surface area (Å²) in [5, 5.41) is 6.37. The summed E-state index contributed by atoms with van der Waals surface area (Å²) in [6, 6.07) is 1.71. The van der Waals surface area contributed by atoms with Gasteiger partial charge in [0.15, 0.2) is 0 Å². The predicted molar refractivity (Wildman–Crippen MR) is 74.3 cm³/mol. The first-order valence-electron chi connectivity index (χ1n) is 6.79. The summed E-state index contributed by atoms with van der Waals surface area (Å²) < 4.78 is 6.64. The molecule has 0 aromatic carbocycles. The number of carbonyl (C=O) groups excluding carboxylic acids is 1. The molecule has 3 rings (SSSR count). The molecule has 0 saturated heterocycles. The van der Waals surface area contributed by atoms with E-state index < -0.39 is 11.7 Å². The van der Waals surface area contributed by atoms with Crippen LogP contribution in [0, 0.1) is 0 Å². The summed E-state index contributed by atoms with van der Waals surface area (Å²) in [6.07, 6.45) is 7.72. The zero-order chi connectivity index (χ0) is 14.7. The van der Waals surface area contributed by atoms with Gasteiger partial charge in [0.1, 0.15) is 11.8 Å². The monoisotopic (exact) mass is 289 g/mol. The number of nitrogens with one attached hydrogen (secondary N) is 2. The van der Waals surface area contributed by atoms with Gasteiger partial charge in [-0.25, -0.2) is 14.5 Å². The van der Waals surface area contributed by atoms with E-state index in [-0.39, 0.29) is 17.7 Å². The number of anilines is 1. The second kappa shape index (κ2) is 5.78. The standard InChI is InChI=1S/C13H15N5O3/c19-11-10(16-13(20)21-9-4-1-2-5-9)8-14-12(17-11)18-7-3-6-15-18/h3,6-9H,1-2,4-5H2,(H,16,20)(H,14,17,19). The number of carbonyl (C=O) groups is 1. The Kier molecular flexibility index (Phi) is 3.67. The maximum atomic E-state index is 11.9. The maximum absolute atomic E-state index is 11.9.